The van der Waals surface area contributed by atoms with E-state index < -0.39 is 48.5 Å². The maximum absolute atomic E-state index is 14.9. The van der Waals surface area contributed by atoms with Crippen molar-refractivity contribution in [1.82, 2.24) is 9.55 Å². The van der Waals surface area contributed by atoms with Gasteiger partial charge in [0.05, 0.1) is 5.92 Å². The first kappa shape index (κ1) is 21.0. The number of hydrogen-bond acceptors (Lipinski definition) is 8. The Kier molecular flexibility index (Phi) is 6.34. The topological polar surface area (TPSA) is 120 Å². The van der Waals surface area contributed by atoms with Crippen molar-refractivity contribution in [3.8, 4) is 5.88 Å². The molecule has 0 bridgehead atoms. The highest BCUT2D eigenvalue weighted by atomic mass is 19.2. The summed E-state index contributed by atoms with van der Waals surface area (Å²) in [4.78, 5) is 27.3. The molecule has 1 fully saturated rings. The summed E-state index contributed by atoms with van der Waals surface area (Å²) < 4.78 is 30.7. The van der Waals surface area contributed by atoms with E-state index in [1.54, 1.807) is 20.8 Å². The molecule has 10 heteroatoms. The Balaban J connectivity index is 2.16. The minimum Gasteiger partial charge on any atom is -0.473 e. The highest BCUT2D eigenvalue weighted by Gasteiger charge is 2.57. The number of ether oxygens (including phenoxy) is 3. The summed E-state index contributed by atoms with van der Waals surface area (Å²) in [6, 6.07) is 1.32. The zero-order valence-corrected chi connectivity index (χ0v) is 15.3. The molecule has 1 aliphatic rings. The Morgan fingerprint density at radius 2 is 2.19 bits per heavy atom. The minimum atomic E-state index is -2.87. The van der Waals surface area contributed by atoms with Crippen LogP contribution in [-0.2, 0) is 14.3 Å². The van der Waals surface area contributed by atoms with Gasteiger partial charge in [0.15, 0.2) is 12.8 Å². The van der Waals surface area contributed by atoms with Gasteiger partial charge in [-0.05, 0) is 12.5 Å². The second-order valence-corrected chi connectivity index (χ2v) is 6.69. The van der Waals surface area contributed by atoms with Crippen molar-refractivity contribution in [2.45, 2.75) is 45.1 Å². The summed E-state index contributed by atoms with van der Waals surface area (Å²) in [5.74, 6) is -4.06. The third-order valence-electron chi connectivity index (χ3n) is 3.80. The quantitative estimate of drug-likeness (QED) is 0.508. The van der Waals surface area contributed by atoms with E-state index in [9.17, 15) is 24.2 Å². The Labute approximate surface area is 155 Å². The number of halogens is 1. The molecule has 27 heavy (non-hydrogen) atoms. The van der Waals surface area contributed by atoms with Crippen molar-refractivity contribution >= 4 is 5.97 Å². The maximum Gasteiger partial charge on any atom is 0.353 e. The Morgan fingerprint density at radius 3 is 2.74 bits per heavy atom. The molecule has 1 aromatic heterocycles. The van der Waals surface area contributed by atoms with Gasteiger partial charge in [0, 0.05) is 12.3 Å². The molecule has 1 saturated heterocycles. The van der Waals surface area contributed by atoms with Crippen LogP contribution in [0.2, 0.25) is 0 Å². The average molecular weight is 386 g/mol. The van der Waals surface area contributed by atoms with E-state index in [4.69, 9.17) is 14.2 Å². The van der Waals surface area contributed by atoms with E-state index in [2.05, 4.69) is 11.6 Å². The largest absolute Gasteiger partial charge is 0.473 e. The van der Waals surface area contributed by atoms with Gasteiger partial charge < -0.3 is 24.4 Å². The van der Waals surface area contributed by atoms with E-state index in [1.807, 2.05) is 0 Å². The number of nitrogens with zero attached hydrogens (tertiary/aromatic N) is 2. The molecule has 1 aromatic rings. The van der Waals surface area contributed by atoms with Crippen LogP contribution in [0.1, 0.15) is 27.0 Å². The number of hydrogen-bond donors (Lipinski definition) is 2. The lowest BCUT2D eigenvalue weighted by atomic mass is 10.1. The molecule has 0 unspecified atom stereocenters. The fourth-order valence-corrected chi connectivity index (χ4v) is 2.30. The zero-order valence-electron chi connectivity index (χ0n) is 15.3. The number of carbonyl (C=O) groups excluding carboxylic acids is 1. The number of rotatable bonds is 7. The number of esters is 1. The molecule has 4 atom stereocenters. The molecular weight excluding hydrogens is 363 g/mol. The number of carbonyl (C=O) groups is 1. The Morgan fingerprint density at radius 1 is 1.52 bits per heavy atom. The van der Waals surface area contributed by atoms with Crippen molar-refractivity contribution in [3.05, 3.63) is 34.9 Å². The first-order valence-electron chi connectivity index (χ1n) is 8.31. The van der Waals surface area contributed by atoms with Gasteiger partial charge in [-0.2, -0.15) is 4.98 Å². The molecule has 9 nitrogen and oxygen atoms in total. The molecule has 2 N–H and O–H groups in total. The smallest absolute Gasteiger partial charge is 0.353 e. The number of aliphatic hydroxyl groups excluding tert-OH is 2. The molecule has 0 amide bonds. The molecule has 0 saturated carbocycles. The van der Waals surface area contributed by atoms with E-state index in [-0.39, 0.29) is 12.5 Å². The predicted molar refractivity (Wildman–Crippen MR) is 90.6 cm³/mol. The van der Waals surface area contributed by atoms with Gasteiger partial charge in [0.25, 0.3) is 5.85 Å². The summed E-state index contributed by atoms with van der Waals surface area (Å²) in [6.07, 6.45) is -4.18. The highest BCUT2D eigenvalue weighted by Crippen LogP contribution is 2.38. The van der Waals surface area contributed by atoms with Gasteiger partial charge in [0.1, 0.15) is 18.8 Å². The van der Waals surface area contributed by atoms with E-state index in [1.165, 1.54) is 12.3 Å². The fourth-order valence-electron chi connectivity index (χ4n) is 2.30. The third kappa shape index (κ3) is 4.71. The molecule has 0 radical (unpaired) electrons. The lowest BCUT2D eigenvalue weighted by molar-refractivity contribution is -0.218. The Bertz CT molecular complexity index is 766. The highest BCUT2D eigenvalue weighted by molar-refractivity contribution is 5.71. The average Bonchev–Trinajstić information content (AvgIpc) is 2.82. The van der Waals surface area contributed by atoms with Gasteiger partial charge in [0.2, 0.25) is 5.88 Å². The van der Waals surface area contributed by atoms with Gasteiger partial charge in [-0.25, -0.2) is 9.18 Å². The van der Waals surface area contributed by atoms with Crippen LogP contribution in [0.15, 0.2) is 29.2 Å². The Hall–Kier alpha value is -2.30. The molecule has 0 spiro atoms. The van der Waals surface area contributed by atoms with Crippen LogP contribution in [0.5, 0.6) is 5.88 Å². The van der Waals surface area contributed by atoms with Gasteiger partial charge in [-0.3, -0.25) is 9.36 Å². The molecule has 0 aromatic carbocycles. The minimum absolute atomic E-state index is 0.0182. The van der Waals surface area contributed by atoms with Gasteiger partial charge >= 0.3 is 11.7 Å². The summed E-state index contributed by atoms with van der Waals surface area (Å²) in [7, 11) is 0. The van der Waals surface area contributed by atoms with Crippen LogP contribution in [-0.4, -0.2) is 57.0 Å². The maximum atomic E-state index is 14.9. The van der Waals surface area contributed by atoms with Crippen molar-refractivity contribution < 1.29 is 33.6 Å². The third-order valence-corrected chi connectivity index (χ3v) is 3.80. The molecule has 1 aliphatic heterocycles. The summed E-state index contributed by atoms with van der Waals surface area (Å²) >= 11 is 0. The predicted octanol–water partition coefficient (Wildman–Crippen LogP) is 0.314. The summed E-state index contributed by atoms with van der Waals surface area (Å²) in [5, 5.41) is 20.1. The van der Waals surface area contributed by atoms with Crippen molar-refractivity contribution in [2.75, 3.05) is 13.2 Å². The van der Waals surface area contributed by atoms with Crippen LogP contribution in [0.3, 0.4) is 0 Å². The number of aromatic nitrogens is 2. The normalized spacial score (nSPS) is 27.6. The first-order chi connectivity index (χ1) is 12.5. The van der Waals surface area contributed by atoms with E-state index >= 15 is 0 Å². The second kappa shape index (κ2) is 8.15. The van der Waals surface area contributed by atoms with Crippen LogP contribution in [0.25, 0.3) is 0 Å². The molecule has 2 heterocycles. The van der Waals surface area contributed by atoms with E-state index in [0.717, 1.165) is 10.1 Å². The standard InChI is InChI=1S/C17H23FN2O7/c1-9(2)7-25-11-5-6-20(16(24)19-11)14-12(21)13(22)17(18,27-14)8-26-15(23)10(3)4/h5-6,10,12-14,21-22H,1,7-8H2,2-4H3/t12-,13+,14-,17-/m1/s1. The lowest BCUT2D eigenvalue weighted by Crippen LogP contribution is -2.43. The monoisotopic (exact) mass is 386 g/mol. The zero-order chi connectivity index (χ0) is 20.4. The molecule has 2 rings (SSSR count). The number of aliphatic hydroxyl groups is 2. The SMILES string of the molecule is C=C(C)COc1ccn([C@@H]2O[C@](F)(COC(=O)C(C)C)[C@@H](O)[C@H]2O)c(=O)n1. The number of alkyl halides is 1. The van der Waals surface area contributed by atoms with Crippen LogP contribution >= 0.6 is 0 Å². The van der Waals surface area contributed by atoms with Crippen molar-refractivity contribution in [2.24, 2.45) is 5.92 Å². The fraction of sp³-hybridized carbons (Fsp3) is 0.588. The molecule has 0 aliphatic carbocycles. The van der Waals surface area contributed by atoms with Crippen LogP contribution in [0, 0.1) is 5.92 Å². The van der Waals surface area contributed by atoms with Gasteiger partial charge in [-0.15, -0.1) is 0 Å². The van der Waals surface area contributed by atoms with Crippen LogP contribution < -0.4 is 10.4 Å². The van der Waals surface area contributed by atoms with Crippen molar-refractivity contribution in [1.29, 1.82) is 0 Å². The van der Waals surface area contributed by atoms with E-state index in [0.29, 0.717) is 0 Å². The molecule has 150 valence electrons. The summed E-state index contributed by atoms with van der Waals surface area (Å²) in [5.41, 5.74) is -0.161. The lowest BCUT2D eigenvalue weighted by Gasteiger charge is -2.23. The van der Waals surface area contributed by atoms with Crippen LogP contribution in [0.4, 0.5) is 4.39 Å². The first-order valence-corrected chi connectivity index (χ1v) is 8.31. The second-order valence-electron chi connectivity index (χ2n) is 6.69. The van der Waals surface area contributed by atoms with Gasteiger partial charge in [-0.1, -0.05) is 20.4 Å². The van der Waals surface area contributed by atoms with Crippen molar-refractivity contribution in [3.63, 3.8) is 0 Å². The summed E-state index contributed by atoms with van der Waals surface area (Å²) in [6.45, 7) is 7.73. The molecular formula is C17H23FN2O7.